The fourth-order valence-electron chi connectivity index (χ4n) is 2.65. The zero-order chi connectivity index (χ0) is 12.3. The third-order valence-electron chi connectivity index (χ3n) is 3.75. The SMILES string of the molecule is COC(=O)c1occ(CC2CCCCC2)c1C. The Balaban J connectivity index is 2.06. The molecule has 1 aliphatic rings. The lowest BCUT2D eigenvalue weighted by Crippen LogP contribution is -2.09. The first-order valence-corrected chi connectivity index (χ1v) is 6.37. The highest BCUT2D eigenvalue weighted by molar-refractivity contribution is 5.88. The van der Waals surface area contributed by atoms with Crippen molar-refractivity contribution in [1.29, 1.82) is 0 Å². The van der Waals surface area contributed by atoms with E-state index in [4.69, 9.17) is 4.42 Å². The summed E-state index contributed by atoms with van der Waals surface area (Å²) in [5.41, 5.74) is 2.11. The molecule has 1 aromatic heterocycles. The highest BCUT2D eigenvalue weighted by atomic mass is 16.5. The Kier molecular flexibility index (Phi) is 3.87. The molecule has 3 heteroatoms. The predicted molar refractivity (Wildman–Crippen MR) is 65.1 cm³/mol. The average molecular weight is 236 g/mol. The maximum Gasteiger partial charge on any atom is 0.374 e. The monoisotopic (exact) mass is 236 g/mol. The Hall–Kier alpha value is -1.25. The van der Waals surface area contributed by atoms with Crippen LogP contribution in [0.3, 0.4) is 0 Å². The summed E-state index contributed by atoms with van der Waals surface area (Å²) in [6.45, 7) is 1.94. The Labute approximate surface area is 102 Å². The lowest BCUT2D eigenvalue weighted by atomic mass is 9.84. The molecule has 2 rings (SSSR count). The van der Waals surface area contributed by atoms with Crippen molar-refractivity contribution in [2.45, 2.75) is 45.4 Å². The summed E-state index contributed by atoms with van der Waals surface area (Å²) in [4.78, 5) is 11.4. The molecular weight excluding hydrogens is 216 g/mol. The van der Waals surface area contributed by atoms with Gasteiger partial charge in [0.1, 0.15) is 0 Å². The van der Waals surface area contributed by atoms with Gasteiger partial charge in [-0.3, -0.25) is 0 Å². The Bertz CT molecular complexity index is 386. The van der Waals surface area contributed by atoms with Crippen LogP contribution in [0.25, 0.3) is 0 Å². The quantitative estimate of drug-likeness (QED) is 0.754. The minimum absolute atomic E-state index is 0.360. The molecule has 94 valence electrons. The highest BCUT2D eigenvalue weighted by Crippen LogP contribution is 2.29. The van der Waals surface area contributed by atoms with Gasteiger partial charge in [0.25, 0.3) is 0 Å². The number of furan rings is 1. The van der Waals surface area contributed by atoms with Gasteiger partial charge in [-0.25, -0.2) is 4.79 Å². The van der Waals surface area contributed by atoms with E-state index in [1.807, 2.05) is 6.92 Å². The van der Waals surface area contributed by atoms with E-state index in [1.165, 1.54) is 39.2 Å². The van der Waals surface area contributed by atoms with Gasteiger partial charge in [-0.15, -0.1) is 0 Å². The number of hydrogen-bond acceptors (Lipinski definition) is 3. The Morgan fingerprint density at radius 2 is 2.12 bits per heavy atom. The minimum Gasteiger partial charge on any atom is -0.463 e. The van der Waals surface area contributed by atoms with Gasteiger partial charge in [-0.1, -0.05) is 32.1 Å². The van der Waals surface area contributed by atoms with Crippen molar-refractivity contribution in [2.75, 3.05) is 7.11 Å². The molecule has 17 heavy (non-hydrogen) atoms. The first-order valence-electron chi connectivity index (χ1n) is 6.37. The van der Waals surface area contributed by atoms with E-state index in [2.05, 4.69) is 4.74 Å². The van der Waals surface area contributed by atoms with Crippen molar-refractivity contribution in [2.24, 2.45) is 5.92 Å². The van der Waals surface area contributed by atoms with Crippen LogP contribution in [-0.4, -0.2) is 13.1 Å². The molecule has 0 amide bonds. The number of rotatable bonds is 3. The third kappa shape index (κ3) is 2.71. The minimum atomic E-state index is -0.377. The van der Waals surface area contributed by atoms with Crippen LogP contribution in [0.4, 0.5) is 0 Å². The molecule has 0 N–H and O–H groups in total. The van der Waals surface area contributed by atoms with Crippen molar-refractivity contribution in [3.8, 4) is 0 Å². The van der Waals surface area contributed by atoms with E-state index in [1.54, 1.807) is 6.26 Å². The van der Waals surface area contributed by atoms with Crippen LogP contribution >= 0.6 is 0 Å². The molecule has 1 saturated carbocycles. The second-order valence-electron chi connectivity index (χ2n) is 4.91. The zero-order valence-electron chi connectivity index (χ0n) is 10.6. The Morgan fingerprint density at radius 1 is 1.41 bits per heavy atom. The van der Waals surface area contributed by atoms with Crippen LogP contribution in [0.5, 0.6) is 0 Å². The van der Waals surface area contributed by atoms with Crippen molar-refractivity contribution in [1.82, 2.24) is 0 Å². The fraction of sp³-hybridized carbons (Fsp3) is 0.643. The van der Waals surface area contributed by atoms with Gasteiger partial charge in [0.2, 0.25) is 5.76 Å². The normalized spacial score (nSPS) is 17.1. The number of hydrogen-bond donors (Lipinski definition) is 0. The van der Waals surface area contributed by atoms with E-state index in [9.17, 15) is 4.79 Å². The number of carbonyl (C=O) groups excluding carboxylic acids is 1. The molecule has 1 heterocycles. The topological polar surface area (TPSA) is 39.4 Å². The first-order chi connectivity index (χ1) is 8.22. The molecule has 0 spiro atoms. The van der Waals surface area contributed by atoms with E-state index in [0.29, 0.717) is 5.76 Å². The molecule has 1 aliphatic carbocycles. The summed E-state index contributed by atoms with van der Waals surface area (Å²) in [7, 11) is 1.38. The van der Waals surface area contributed by atoms with Crippen LogP contribution in [0.1, 0.15) is 53.8 Å². The van der Waals surface area contributed by atoms with Crippen LogP contribution < -0.4 is 0 Å². The second kappa shape index (κ2) is 5.39. The third-order valence-corrected chi connectivity index (χ3v) is 3.75. The van der Waals surface area contributed by atoms with Crippen LogP contribution in [-0.2, 0) is 11.2 Å². The lowest BCUT2D eigenvalue weighted by molar-refractivity contribution is 0.0564. The van der Waals surface area contributed by atoms with Crippen LogP contribution in [0.15, 0.2) is 10.7 Å². The molecule has 1 fully saturated rings. The second-order valence-corrected chi connectivity index (χ2v) is 4.91. The summed E-state index contributed by atoms with van der Waals surface area (Å²) < 4.78 is 10.0. The van der Waals surface area contributed by atoms with Crippen LogP contribution in [0, 0.1) is 12.8 Å². The largest absolute Gasteiger partial charge is 0.463 e. The van der Waals surface area contributed by atoms with E-state index in [0.717, 1.165) is 23.5 Å². The van der Waals surface area contributed by atoms with E-state index >= 15 is 0 Å². The molecule has 0 aliphatic heterocycles. The fourth-order valence-corrected chi connectivity index (χ4v) is 2.65. The molecule has 0 radical (unpaired) electrons. The van der Waals surface area contributed by atoms with Gasteiger partial charge < -0.3 is 9.15 Å². The molecule has 0 aromatic carbocycles. The maximum atomic E-state index is 11.4. The van der Waals surface area contributed by atoms with Gasteiger partial charge >= 0.3 is 5.97 Å². The molecule has 3 nitrogen and oxygen atoms in total. The summed E-state index contributed by atoms with van der Waals surface area (Å²) in [5.74, 6) is 0.737. The van der Waals surface area contributed by atoms with Gasteiger partial charge in [-0.05, 0) is 24.8 Å². The zero-order valence-corrected chi connectivity index (χ0v) is 10.6. The van der Waals surface area contributed by atoms with Gasteiger partial charge in [-0.2, -0.15) is 0 Å². The summed E-state index contributed by atoms with van der Waals surface area (Å²) in [5, 5.41) is 0. The molecule has 0 bridgehead atoms. The molecule has 1 aromatic rings. The lowest BCUT2D eigenvalue weighted by Gasteiger charge is -2.20. The molecule has 0 saturated heterocycles. The highest BCUT2D eigenvalue weighted by Gasteiger charge is 2.20. The van der Waals surface area contributed by atoms with Crippen molar-refractivity contribution >= 4 is 5.97 Å². The Morgan fingerprint density at radius 3 is 2.76 bits per heavy atom. The maximum absolute atomic E-state index is 11.4. The van der Waals surface area contributed by atoms with Gasteiger partial charge in [0, 0.05) is 5.56 Å². The van der Waals surface area contributed by atoms with Gasteiger partial charge in [0.15, 0.2) is 0 Å². The number of methoxy groups -OCH3 is 1. The number of ether oxygens (including phenoxy) is 1. The number of carbonyl (C=O) groups is 1. The standard InChI is InChI=1S/C14H20O3/c1-10-12(8-11-6-4-3-5-7-11)9-17-13(10)14(15)16-2/h9,11H,3-8H2,1-2H3. The van der Waals surface area contributed by atoms with E-state index in [-0.39, 0.29) is 5.97 Å². The van der Waals surface area contributed by atoms with Crippen molar-refractivity contribution in [3.05, 3.63) is 23.2 Å². The molecule has 0 atom stereocenters. The average Bonchev–Trinajstić information content (AvgIpc) is 2.72. The molecular formula is C14H20O3. The summed E-state index contributed by atoms with van der Waals surface area (Å²) in [6, 6.07) is 0. The van der Waals surface area contributed by atoms with Crippen molar-refractivity contribution in [3.63, 3.8) is 0 Å². The predicted octanol–water partition coefficient (Wildman–Crippen LogP) is 3.50. The van der Waals surface area contributed by atoms with E-state index < -0.39 is 0 Å². The molecule has 0 unspecified atom stereocenters. The number of esters is 1. The van der Waals surface area contributed by atoms with Crippen molar-refractivity contribution < 1.29 is 13.9 Å². The summed E-state index contributed by atoms with van der Waals surface area (Å²) >= 11 is 0. The van der Waals surface area contributed by atoms with Crippen LogP contribution in [0.2, 0.25) is 0 Å². The smallest absolute Gasteiger partial charge is 0.374 e. The first kappa shape index (κ1) is 12.2. The summed E-state index contributed by atoms with van der Waals surface area (Å²) in [6.07, 6.45) is 9.41. The van der Waals surface area contributed by atoms with Gasteiger partial charge in [0.05, 0.1) is 13.4 Å².